The van der Waals surface area contributed by atoms with Gasteiger partial charge in [0, 0.05) is 16.9 Å². The van der Waals surface area contributed by atoms with Gasteiger partial charge in [0.25, 0.3) is 0 Å². The molecule has 0 aliphatic heterocycles. The van der Waals surface area contributed by atoms with E-state index in [1.54, 1.807) is 12.1 Å². The Hall–Kier alpha value is -1.30. The third-order valence-corrected chi connectivity index (χ3v) is 2.47. The van der Waals surface area contributed by atoms with Crippen LogP contribution in [0.1, 0.15) is 13.3 Å². The van der Waals surface area contributed by atoms with Crippen molar-refractivity contribution in [2.24, 2.45) is 10.9 Å². The van der Waals surface area contributed by atoms with E-state index < -0.39 is 0 Å². The van der Waals surface area contributed by atoms with Crippen molar-refractivity contribution in [2.75, 3.05) is 5.32 Å². The molecule has 0 saturated carbocycles. The van der Waals surface area contributed by atoms with Crippen LogP contribution in [-0.2, 0) is 0 Å². The van der Waals surface area contributed by atoms with Gasteiger partial charge in [-0.05, 0) is 25.1 Å². The van der Waals surface area contributed by atoms with Gasteiger partial charge in [-0.15, -0.1) is 0 Å². The minimum atomic E-state index is -0.338. The van der Waals surface area contributed by atoms with Gasteiger partial charge in [0.1, 0.15) is 11.7 Å². The fourth-order valence-electron chi connectivity index (χ4n) is 1.28. The van der Waals surface area contributed by atoms with E-state index in [0.717, 1.165) is 4.47 Å². The topological polar surface area (TPSA) is 70.6 Å². The molecule has 0 bridgehead atoms. The molecule has 6 heteroatoms. The number of hydrogen-bond acceptors (Lipinski definition) is 3. The van der Waals surface area contributed by atoms with Gasteiger partial charge in [-0.2, -0.15) is 0 Å². The van der Waals surface area contributed by atoms with Crippen LogP contribution in [0.25, 0.3) is 0 Å². The molecule has 1 unspecified atom stereocenters. The number of nitrogens with zero attached hydrogens (tertiary/aromatic N) is 1. The normalized spacial score (nSPS) is 13.6. The number of amidine groups is 1. The third-order valence-electron chi connectivity index (χ3n) is 1.97. The largest absolute Gasteiger partial charge is 0.409 e. The first-order valence-electron chi connectivity index (χ1n) is 4.71. The third kappa shape index (κ3) is 3.69. The predicted molar refractivity (Wildman–Crippen MR) is 65.2 cm³/mol. The summed E-state index contributed by atoms with van der Waals surface area (Å²) >= 11 is 3.26. The second kappa shape index (κ2) is 5.69. The highest BCUT2D eigenvalue weighted by atomic mass is 79.9. The maximum Gasteiger partial charge on any atom is 0.146 e. The van der Waals surface area contributed by atoms with Crippen LogP contribution in [0.15, 0.2) is 27.8 Å². The van der Waals surface area contributed by atoms with Crippen LogP contribution in [0.5, 0.6) is 0 Å². The Morgan fingerprint density at radius 2 is 2.38 bits per heavy atom. The Balaban J connectivity index is 2.69. The molecule has 4 nitrogen and oxygen atoms in total. The molecule has 0 saturated heterocycles. The van der Waals surface area contributed by atoms with Crippen molar-refractivity contribution in [3.05, 3.63) is 28.5 Å². The number of benzene rings is 1. The van der Waals surface area contributed by atoms with E-state index in [-0.39, 0.29) is 17.7 Å². The molecule has 4 N–H and O–H groups in total. The highest BCUT2D eigenvalue weighted by molar-refractivity contribution is 9.10. The van der Waals surface area contributed by atoms with Crippen LogP contribution in [0, 0.1) is 5.82 Å². The van der Waals surface area contributed by atoms with Gasteiger partial charge in [0.15, 0.2) is 0 Å². The summed E-state index contributed by atoms with van der Waals surface area (Å²) in [6, 6.07) is 4.50. The Morgan fingerprint density at radius 3 is 3.00 bits per heavy atom. The Morgan fingerprint density at radius 1 is 1.69 bits per heavy atom. The van der Waals surface area contributed by atoms with Gasteiger partial charge in [-0.3, -0.25) is 0 Å². The van der Waals surface area contributed by atoms with E-state index >= 15 is 0 Å². The molecule has 0 aliphatic carbocycles. The van der Waals surface area contributed by atoms with E-state index in [1.807, 2.05) is 6.92 Å². The minimum absolute atomic E-state index is 0.107. The predicted octanol–water partition coefficient (Wildman–Crippen LogP) is 2.53. The average Bonchev–Trinajstić information content (AvgIpc) is 2.23. The van der Waals surface area contributed by atoms with E-state index in [2.05, 4.69) is 26.4 Å². The zero-order valence-corrected chi connectivity index (χ0v) is 10.3. The lowest BCUT2D eigenvalue weighted by molar-refractivity contribution is 0.316. The monoisotopic (exact) mass is 289 g/mol. The summed E-state index contributed by atoms with van der Waals surface area (Å²) in [4.78, 5) is 0. The molecule has 1 rings (SSSR count). The van der Waals surface area contributed by atoms with Crippen molar-refractivity contribution in [3.63, 3.8) is 0 Å². The summed E-state index contributed by atoms with van der Waals surface area (Å²) in [5.41, 5.74) is 5.73. The van der Waals surface area contributed by atoms with E-state index in [4.69, 9.17) is 10.9 Å². The first-order valence-corrected chi connectivity index (χ1v) is 5.50. The SMILES string of the molecule is CC(CC(N)=NO)Nc1cc(Br)ccc1F. The van der Waals surface area contributed by atoms with Gasteiger partial charge in [0.2, 0.25) is 0 Å². The van der Waals surface area contributed by atoms with Crippen molar-refractivity contribution in [1.82, 2.24) is 0 Å². The lowest BCUT2D eigenvalue weighted by Crippen LogP contribution is -2.24. The van der Waals surface area contributed by atoms with Crippen molar-refractivity contribution in [3.8, 4) is 0 Å². The Labute approximate surface area is 101 Å². The van der Waals surface area contributed by atoms with E-state index in [0.29, 0.717) is 12.1 Å². The summed E-state index contributed by atoms with van der Waals surface area (Å²) in [5, 5.41) is 14.2. The number of nitrogens with two attached hydrogens (primary N) is 1. The highest BCUT2D eigenvalue weighted by Crippen LogP contribution is 2.21. The number of hydrogen-bond donors (Lipinski definition) is 3. The molecule has 88 valence electrons. The zero-order valence-electron chi connectivity index (χ0n) is 8.74. The number of halogens is 2. The lowest BCUT2D eigenvalue weighted by Gasteiger charge is -2.15. The number of oxime groups is 1. The highest BCUT2D eigenvalue weighted by Gasteiger charge is 2.08. The van der Waals surface area contributed by atoms with Gasteiger partial charge in [-0.1, -0.05) is 21.1 Å². The molecule has 0 radical (unpaired) electrons. The van der Waals surface area contributed by atoms with Crippen molar-refractivity contribution < 1.29 is 9.60 Å². The van der Waals surface area contributed by atoms with Crippen LogP contribution in [0.4, 0.5) is 10.1 Å². The van der Waals surface area contributed by atoms with Crippen LogP contribution >= 0.6 is 15.9 Å². The molecule has 0 spiro atoms. The lowest BCUT2D eigenvalue weighted by atomic mass is 10.2. The molecule has 0 fully saturated rings. The number of rotatable bonds is 4. The summed E-state index contributed by atoms with van der Waals surface area (Å²) in [7, 11) is 0. The molecular formula is C10H13BrFN3O. The number of nitrogens with one attached hydrogen (secondary N) is 1. The molecular weight excluding hydrogens is 277 g/mol. The number of anilines is 1. The van der Waals surface area contributed by atoms with Gasteiger partial charge in [0.05, 0.1) is 5.69 Å². The second-order valence-electron chi connectivity index (χ2n) is 3.47. The van der Waals surface area contributed by atoms with Gasteiger partial charge < -0.3 is 16.3 Å². The molecule has 0 aliphatic rings. The maximum atomic E-state index is 13.4. The van der Waals surface area contributed by atoms with E-state index in [1.165, 1.54) is 6.07 Å². The molecule has 1 atom stereocenters. The summed E-state index contributed by atoms with van der Waals surface area (Å²) in [6.07, 6.45) is 0.336. The average molecular weight is 290 g/mol. The maximum absolute atomic E-state index is 13.4. The van der Waals surface area contributed by atoms with Gasteiger partial charge >= 0.3 is 0 Å². The summed E-state index contributed by atoms with van der Waals surface area (Å²) in [5.74, 6) is -0.232. The van der Waals surface area contributed by atoms with Crippen LogP contribution < -0.4 is 11.1 Å². The van der Waals surface area contributed by atoms with Crippen molar-refractivity contribution in [2.45, 2.75) is 19.4 Å². The molecule has 1 aromatic rings. The summed E-state index contributed by atoms with van der Waals surface area (Å²) in [6.45, 7) is 1.82. The fraction of sp³-hybridized carbons (Fsp3) is 0.300. The molecule has 0 aromatic heterocycles. The summed E-state index contributed by atoms with van der Waals surface area (Å²) < 4.78 is 14.1. The standard InChI is InChI=1S/C10H13BrFN3O/c1-6(4-10(13)15-16)14-9-5-7(11)2-3-8(9)12/h2-3,5-6,14,16H,4H2,1H3,(H2,13,15). The van der Waals surface area contributed by atoms with E-state index in [9.17, 15) is 4.39 Å². The van der Waals surface area contributed by atoms with Crippen molar-refractivity contribution >= 4 is 27.5 Å². The minimum Gasteiger partial charge on any atom is -0.409 e. The van der Waals surface area contributed by atoms with Crippen molar-refractivity contribution in [1.29, 1.82) is 0 Å². The molecule has 0 amide bonds. The Kier molecular flexibility index (Phi) is 4.54. The quantitative estimate of drug-likeness (QED) is 0.345. The molecule has 16 heavy (non-hydrogen) atoms. The van der Waals surface area contributed by atoms with Crippen LogP contribution in [0.2, 0.25) is 0 Å². The fourth-order valence-corrected chi connectivity index (χ4v) is 1.64. The Bertz CT molecular complexity index is 398. The van der Waals surface area contributed by atoms with Gasteiger partial charge in [-0.25, -0.2) is 4.39 Å². The first-order chi connectivity index (χ1) is 7.52. The second-order valence-corrected chi connectivity index (χ2v) is 4.38. The van der Waals surface area contributed by atoms with Crippen LogP contribution in [-0.4, -0.2) is 17.1 Å². The smallest absolute Gasteiger partial charge is 0.146 e. The first kappa shape index (κ1) is 12.8. The molecule has 1 aromatic carbocycles. The zero-order chi connectivity index (χ0) is 12.1. The molecule has 0 heterocycles. The van der Waals surface area contributed by atoms with Crippen LogP contribution in [0.3, 0.4) is 0 Å².